The van der Waals surface area contributed by atoms with E-state index >= 15 is 0 Å². The van der Waals surface area contributed by atoms with E-state index in [1.165, 1.54) is 0 Å². The van der Waals surface area contributed by atoms with Crippen molar-refractivity contribution in [3.05, 3.63) is 54.4 Å². The van der Waals surface area contributed by atoms with Crippen LogP contribution in [0.3, 0.4) is 0 Å². The van der Waals surface area contributed by atoms with Gasteiger partial charge in [-0.1, -0.05) is 18.2 Å². The zero-order valence-corrected chi connectivity index (χ0v) is 14.3. The molecule has 1 N–H and O–H groups in total. The second-order valence-electron chi connectivity index (χ2n) is 6.12. The summed E-state index contributed by atoms with van der Waals surface area (Å²) in [5, 5.41) is 11.0. The SMILES string of the molecule is O=C1Nc2cccc(n2)-c2nncn2CCCCCOc2ccccc21. The fourth-order valence-corrected chi connectivity index (χ4v) is 2.95. The molecule has 1 aliphatic rings. The molecule has 2 aromatic heterocycles. The van der Waals surface area contributed by atoms with Crippen LogP contribution in [0, 0.1) is 0 Å². The van der Waals surface area contributed by atoms with E-state index in [0.717, 1.165) is 25.8 Å². The van der Waals surface area contributed by atoms with Crippen molar-refractivity contribution in [1.82, 2.24) is 19.7 Å². The van der Waals surface area contributed by atoms with Crippen LogP contribution in [0.25, 0.3) is 11.5 Å². The summed E-state index contributed by atoms with van der Waals surface area (Å²) in [5.41, 5.74) is 1.18. The third kappa shape index (κ3) is 3.42. The van der Waals surface area contributed by atoms with Crippen molar-refractivity contribution < 1.29 is 9.53 Å². The number of para-hydroxylation sites is 1. The van der Waals surface area contributed by atoms with E-state index in [-0.39, 0.29) is 5.91 Å². The van der Waals surface area contributed by atoms with E-state index in [1.54, 1.807) is 18.5 Å². The number of nitrogens with one attached hydrogen (secondary N) is 1. The van der Waals surface area contributed by atoms with Crippen molar-refractivity contribution in [3.8, 4) is 17.3 Å². The molecule has 3 heterocycles. The van der Waals surface area contributed by atoms with Crippen LogP contribution >= 0.6 is 0 Å². The van der Waals surface area contributed by atoms with Gasteiger partial charge in [0.25, 0.3) is 5.91 Å². The van der Waals surface area contributed by atoms with Crippen LogP contribution in [0.15, 0.2) is 48.8 Å². The fraction of sp³-hybridized carbons (Fsp3) is 0.263. The highest BCUT2D eigenvalue weighted by atomic mass is 16.5. The van der Waals surface area contributed by atoms with Crippen molar-refractivity contribution in [2.24, 2.45) is 0 Å². The van der Waals surface area contributed by atoms with Gasteiger partial charge in [-0.25, -0.2) is 4.98 Å². The Labute approximate surface area is 151 Å². The maximum atomic E-state index is 12.7. The number of pyridine rings is 1. The van der Waals surface area contributed by atoms with Crippen LogP contribution in [-0.4, -0.2) is 32.3 Å². The molecule has 1 aliphatic heterocycles. The molecule has 7 heteroatoms. The van der Waals surface area contributed by atoms with Crippen LogP contribution in [0.5, 0.6) is 5.75 Å². The van der Waals surface area contributed by atoms with Crippen LogP contribution in [0.4, 0.5) is 5.82 Å². The molecule has 7 nitrogen and oxygen atoms in total. The van der Waals surface area contributed by atoms with Gasteiger partial charge in [-0.2, -0.15) is 0 Å². The minimum absolute atomic E-state index is 0.249. The predicted octanol–water partition coefficient (Wildman–Crippen LogP) is 3.16. The summed E-state index contributed by atoms with van der Waals surface area (Å²) < 4.78 is 7.82. The molecule has 1 amide bonds. The Hall–Kier alpha value is -3.22. The monoisotopic (exact) mass is 349 g/mol. The number of ether oxygens (including phenoxy) is 1. The average Bonchev–Trinajstić information content (AvgIpc) is 3.13. The molecule has 0 spiro atoms. The van der Waals surface area contributed by atoms with E-state index in [1.807, 2.05) is 34.9 Å². The Morgan fingerprint density at radius 1 is 1.04 bits per heavy atom. The van der Waals surface area contributed by atoms with Crippen molar-refractivity contribution in [1.29, 1.82) is 0 Å². The smallest absolute Gasteiger partial charge is 0.260 e. The van der Waals surface area contributed by atoms with E-state index in [2.05, 4.69) is 20.5 Å². The lowest BCUT2D eigenvalue weighted by atomic mass is 10.2. The molecule has 132 valence electrons. The molecule has 1 aromatic carbocycles. The Bertz CT molecular complexity index is 922. The zero-order valence-electron chi connectivity index (χ0n) is 14.3. The highest BCUT2D eigenvalue weighted by Crippen LogP contribution is 2.22. The van der Waals surface area contributed by atoms with E-state index < -0.39 is 0 Å². The van der Waals surface area contributed by atoms with Crippen LogP contribution in [0.2, 0.25) is 0 Å². The quantitative estimate of drug-likeness (QED) is 0.674. The minimum Gasteiger partial charge on any atom is -0.493 e. The third-order valence-corrected chi connectivity index (χ3v) is 4.27. The summed E-state index contributed by atoms with van der Waals surface area (Å²) >= 11 is 0. The molecule has 4 rings (SSSR count). The van der Waals surface area contributed by atoms with E-state index in [4.69, 9.17) is 4.74 Å². The lowest BCUT2D eigenvalue weighted by molar-refractivity contribution is 0.102. The third-order valence-electron chi connectivity index (χ3n) is 4.27. The molecule has 0 radical (unpaired) electrons. The van der Waals surface area contributed by atoms with Crippen LogP contribution < -0.4 is 10.1 Å². The van der Waals surface area contributed by atoms with Gasteiger partial charge in [-0.3, -0.25) is 4.79 Å². The number of aryl methyl sites for hydroxylation is 1. The minimum atomic E-state index is -0.249. The summed E-state index contributed by atoms with van der Waals surface area (Å²) in [7, 11) is 0. The van der Waals surface area contributed by atoms with Gasteiger partial charge in [-0.15, -0.1) is 10.2 Å². The van der Waals surface area contributed by atoms with Gasteiger partial charge in [0.15, 0.2) is 5.82 Å². The standard InChI is InChI=1S/C19H19N5O2/c25-19-14-7-2-3-9-16(14)26-12-5-1-4-11-24-13-20-23-18(24)15-8-6-10-17(21-15)22-19/h2-3,6-10,13H,1,4-5,11-12H2,(H,21,22,25). The molecule has 2 bridgehead atoms. The van der Waals surface area contributed by atoms with Gasteiger partial charge in [0, 0.05) is 6.54 Å². The number of nitrogens with zero attached hydrogens (tertiary/aromatic N) is 4. The summed E-state index contributed by atoms with van der Waals surface area (Å²) in [6.07, 6.45) is 4.64. The number of rotatable bonds is 0. The first-order valence-corrected chi connectivity index (χ1v) is 8.70. The topological polar surface area (TPSA) is 81.9 Å². The zero-order chi connectivity index (χ0) is 17.8. The highest BCUT2D eigenvalue weighted by molar-refractivity contribution is 6.05. The van der Waals surface area contributed by atoms with Gasteiger partial charge >= 0.3 is 0 Å². The normalized spacial score (nSPS) is 14.8. The van der Waals surface area contributed by atoms with E-state index in [9.17, 15) is 4.79 Å². The molecule has 0 fully saturated rings. The highest BCUT2D eigenvalue weighted by Gasteiger charge is 2.15. The number of fused-ring (bicyclic) bond motifs is 5. The number of benzene rings is 1. The van der Waals surface area contributed by atoms with Crippen LogP contribution in [-0.2, 0) is 6.54 Å². The number of hydrogen-bond donors (Lipinski definition) is 1. The largest absolute Gasteiger partial charge is 0.493 e. The number of carbonyl (C=O) groups is 1. The Kier molecular flexibility index (Phi) is 4.59. The van der Waals surface area contributed by atoms with Gasteiger partial charge in [0.2, 0.25) is 0 Å². The predicted molar refractivity (Wildman–Crippen MR) is 97.0 cm³/mol. The lowest BCUT2D eigenvalue weighted by Gasteiger charge is -2.11. The molecular weight excluding hydrogens is 330 g/mol. The number of amides is 1. The van der Waals surface area contributed by atoms with Crippen molar-refractivity contribution in [2.75, 3.05) is 11.9 Å². The molecule has 3 aromatic rings. The van der Waals surface area contributed by atoms with Gasteiger partial charge in [-0.05, 0) is 43.5 Å². The lowest BCUT2D eigenvalue weighted by Crippen LogP contribution is -2.15. The Morgan fingerprint density at radius 3 is 2.92 bits per heavy atom. The molecule has 0 saturated carbocycles. The van der Waals surface area contributed by atoms with Crippen molar-refractivity contribution >= 4 is 11.7 Å². The summed E-state index contributed by atoms with van der Waals surface area (Å²) in [6, 6.07) is 12.7. The maximum Gasteiger partial charge on any atom is 0.260 e. The first-order valence-electron chi connectivity index (χ1n) is 8.70. The van der Waals surface area contributed by atoms with Crippen LogP contribution in [0.1, 0.15) is 29.6 Å². The number of aromatic nitrogens is 4. The molecule has 0 aliphatic carbocycles. The summed E-state index contributed by atoms with van der Waals surface area (Å²) in [6.45, 7) is 1.39. The van der Waals surface area contributed by atoms with Gasteiger partial charge in [0.1, 0.15) is 23.6 Å². The molecule has 0 saturated heterocycles. The second kappa shape index (κ2) is 7.35. The first kappa shape index (κ1) is 16.3. The van der Waals surface area contributed by atoms with E-state index in [0.29, 0.717) is 35.3 Å². The first-order chi connectivity index (χ1) is 12.8. The number of anilines is 1. The molecule has 26 heavy (non-hydrogen) atoms. The number of carbonyl (C=O) groups excluding carboxylic acids is 1. The Morgan fingerprint density at radius 2 is 1.96 bits per heavy atom. The van der Waals surface area contributed by atoms with Crippen molar-refractivity contribution in [3.63, 3.8) is 0 Å². The Balaban J connectivity index is 1.71. The average molecular weight is 349 g/mol. The molecule has 0 unspecified atom stereocenters. The summed E-state index contributed by atoms with van der Waals surface area (Å²) in [4.78, 5) is 17.2. The summed E-state index contributed by atoms with van der Waals surface area (Å²) in [5.74, 6) is 1.51. The van der Waals surface area contributed by atoms with Gasteiger partial charge in [0.05, 0.1) is 12.2 Å². The molecule has 0 atom stereocenters. The van der Waals surface area contributed by atoms with Gasteiger partial charge < -0.3 is 14.6 Å². The second-order valence-corrected chi connectivity index (χ2v) is 6.12. The maximum absolute atomic E-state index is 12.7. The number of hydrogen-bond acceptors (Lipinski definition) is 5. The fourth-order valence-electron chi connectivity index (χ4n) is 2.95. The molecular formula is C19H19N5O2. The van der Waals surface area contributed by atoms with Crippen molar-refractivity contribution in [2.45, 2.75) is 25.8 Å².